The number of hydrogen-bond donors (Lipinski definition) is 1. The summed E-state index contributed by atoms with van der Waals surface area (Å²) < 4.78 is 40.7. The van der Waals surface area contributed by atoms with E-state index in [0.717, 1.165) is 6.07 Å². The van der Waals surface area contributed by atoms with Crippen molar-refractivity contribution < 1.29 is 17.9 Å². The number of hydrogen-bond acceptors (Lipinski definition) is 2. The predicted molar refractivity (Wildman–Crippen MR) is 42.3 cm³/mol. The van der Waals surface area contributed by atoms with Crippen molar-refractivity contribution in [1.29, 1.82) is 0 Å². The number of ether oxygens (including phenoxy) is 1. The van der Waals surface area contributed by atoms with E-state index in [2.05, 4.69) is 4.74 Å². The molecule has 0 aliphatic rings. The van der Waals surface area contributed by atoms with E-state index in [1.807, 2.05) is 0 Å². The molecule has 13 heavy (non-hydrogen) atoms. The molecule has 0 atom stereocenters. The minimum atomic E-state index is -2.64. The number of nitrogen functional groups attached to an aromatic ring is 1. The summed E-state index contributed by atoms with van der Waals surface area (Å²) in [6, 6.07) is 3.85. The van der Waals surface area contributed by atoms with Crippen LogP contribution in [0, 0.1) is 5.82 Å². The van der Waals surface area contributed by atoms with Crippen molar-refractivity contribution in [1.82, 2.24) is 0 Å². The highest BCUT2D eigenvalue weighted by atomic mass is 19.3. The highest BCUT2D eigenvalue weighted by Crippen LogP contribution is 2.24. The number of nitrogens with two attached hydrogens (primary N) is 1. The van der Waals surface area contributed by atoms with E-state index in [0.29, 0.717) is 0 Å². The summed E-state index contributed by atoms with van der Waals surface area (Å²) >= 11 is 0. The Morgan fingerprint density at radius 2 is 2.08 bits per heavy atom. The average Bonchev–Trinajstić information content (AvgIpc) is 2.03. The zero-order valence-electron chi connectivity index (χ0n) is 6.64. The van der Waals surface area contributed by atoms with E-state index in [1.54, 1.807) is 0 Å². The predicted octanol–water partition coefficient (Wildman–Crippen LogP) is 2.05. The Kier molecular flexibility index (Phi) is 3.00. The molecule has 0 bridgehead atoms. The molecule has 0 radical (unpaired) electrons. The molecule has 0 heterocycles. The lowest BCUT2D eigenvalue weighted by Crippen LogP contribution is -2.09. The van der Waals surface area contributed by atoms with Crippen molar-refractivity contribution in [3.63, 3.8) is 0 Å². The number of benzene rings is 1. The summed E-state index contributed by atoms with van der Waals surface area (Å²) in [5.41, 5.74) is 5.31. The fraction of sp³-hybridized carbons (Fsp3) is 0.250. The van der Waals surface area contributed by atoms with Crippen LogP contribution in [0.15, 0.2) is 18.2 Å². The highest BCUT2D eigenvalue weighted by Gasteiger charge is 2.10. The first-order valence-corrected chi connectivity index (χ1v) is 3.56. The molecule has 5 heteroatoms. The summed E-state index contributed by atoms with van der Waals surface area (Å²) in [5, 5.41) is 0. The summed E-state index contributed by atoms with van der Waals surface area (Å²) in [6.45, 7) is -0.856. The number of halogens is 3. The lowest BCUT2D eigenvalue weighted by Gasteiger charge is -2.08. The maximum absolute atomic E-state index is 12.9. The first-order valence-electron chi connectivity index (χ1n) is 3.56. The molecule has 1 aromatic rings. The van der Waals surface area contributed by atoms with Gasteiger partial charge >= 0.3 is 0 Å². The van der Waals surface area contributed by atoms with E-state index in [-0.39, 0.29) is 11.4 Å². The van der Waals surface area contributed by atoms with Gasteiger partial charge in [0.25, 0.3) is 6.43 Å². The zero-order valence-corrected chi connectivity index (χ0v) is 6.64. The molecular formula is C8H8F3NO. The van der Waals surface area contributed by atoms with Crippen LogP contribution in [0.5, 0.6) is 5.75 Å². The van der Waals surface area contributed by atoms with Gasteiger partial charge in [-0.25, -0.2) is 13.2 Å². The maximum Gasteiger partial charge on any atom is 0.272 e. The van der Waals surface area contributed by atoms with Crippen LogP contribution in [0.1, 0.15) is 0 Å². The largest absolute Gasteiger partial charge is 0.482 e. The van der Waals surface area contributed by atoms with Crippen LogP contribution in [0.3, 0.4) is 0 Å². The van der Waals surface area contributed by atoms with Crippen LogP contribution in [-0.4, -0.2) is 13.0 Å². The number of anilines is 1. The van der Waals surface area contributed by atoms with Crippen LogP contribution < -0.4 is 10.5 Å². The van der Waals surface area contributed by atoms with Crippen LogP contribution >= 0.6 is 0 Å². The zero-order chi connectivity index (χ0) is 9.84. The Balaban J connectivity index is 2.75. The van der Waals surface area contributed by atoms with Crippen molar-refractivity contribution in [2.45, 2.75) is 6.43 Å². The fourth-order valence-electron chi connectivity index (χ4n) is 0.824. The molecule has 72 valence electrons. The van der Waals surface area contributed by atoms with Crippen molar-refractivity contribution in [2.24, 2.45) is 0 Å². The van der Waals surface area contributed by atoms with Gasteiger partial charge in [0.05, 0.1) is 5.69 Å². The Hall–Kier alpha value is -1.39. The molecule has 1 rings (SSSR count). The van der Waals surface area contributed by atoms with Crippen molar-refractivity contribution >= 4 is 5.69 Å². The van der Waals surface area contributed by atoms with Gasteiger partial charge in [0, 0.05) is 0 Å². The molecule has 0 unspecified atom stereocenters. The normalized spacial score (nSPS) is 10.5. The molecule has 2 nitrogen and oxygen atoms in total. The Labute approximate surface area is 73.1 Å². The van der Waals surface area contributed by atoms with Crippen molar-refractivity contribution in [2.75, 3.05) is 12.3 Å². The molecule has 0 aliphatic heterocycles. The lowest BCUT2D eigenvalue weighted by molar-refractivity contribution is 0.0803. The van der Waals surface area contributed by atoms with Crippen LogP contribution in [0.2, 0.25) is 0 Å². The highest BCUT2D eigenvalue weighted by molar-refractivity contribution is 5.52. The molecule has 0 aromatic heterocycles. The minimum absolute atomic E-state index is 0.0145. The molecule has 0 amide bonds. The number of para-hydroxylation sites is 1. The van der Waals surface area contributed by atoms with E-state index < -0.39 is 18.8 Å². The second kappa shape index (κ2) is 4.02. The summed E-state index contributed by atoms with van der Waals surface area (Å²) in [6.07, 6.45) is -2.64. The molecule has 0 fully saturated rings. The van der Waals surface area contributed by atoms with Gasteiger partial charge in [0.2, 0.25) is 0 Å². The molecule has 1 aromatic carbocycles. The molecule has 0 saturated heterocycles. The SMILES string of the molecule is Nc1cccc(F)c1OCC(F)F. The molecule has 0 spiro atoms. The standard InChI is InChI=1S/C8H8F3NO/c9-5-2-1-3-6(12)8(5)13-4-7(10)11/h1-3,7H,4,12H2. The van der Waals surface area contributed by atoms with Crippen molar-refractivity contribution in [3.8, 4) is 5.75 Å². The quantitative estimate of drug-likeness (QED) is 0.742. The van der Waals surface area contributed by atoms with Gasteiger partial charge in [-0.05, 0) is 12.1 Å². The van der Waals surface area contributed by atoms with Gasteiger partial charge in [-0.2, -0.15) is 0 Å². The van der Waals surface area contributed by atoms with Crippen LogP contribution in [0.25, 0.3) is 0 Å². The first kappa shape index (κ1) is 9.70. The third-order valence-corrected chi connectivity index (χ3v) is 1.35. The van der Waals surface area contributed by atoms with E-state index in [4.69, 9.17) is 5.73 Å². The molecular weight excluding hydrogens is 183 g/mol. The fourth-order valence-corrected chi connectivity index (χ4v) is 0.824. The van der Waals surface area contributed by atoms with E-state index in [9.17, 15) is 13.2 Å². The summed E-state index contributed by atoms with van der Waals surface area (Å²) in [7, 11) is 0. The lowest BCUT2D eigenvalue weighted by atomic mass is 10.3. The Morgan fingerprint density at radius 3 is 2.62 bits per heavy atom. The van der Waals surface area contributed by atoms with Gasteiger partial charge in [0.1, 0.15) is 6.61 Å². The first-order chi connectivity index (χ1) is 6.11. The average molecular weight is 191 g/mol. The van der Waals surface area contributed by atoms with Crippen LogP contribution in [0.4, 0.5) is 18.9 Å². The second-order valence-corrected chi connectivity index (χ2v) is 2.36. The second-order valence-electron chi connectivity index (χ2n) is 2.36. The number of alkyl halides is 2. The van der Waals surface area contributed by atoms with E-state index >= 15 is 0 Å². The topological polar surface area (TPSA) is 35.2 Å². The third-order valence-electron chi connectivity index (χ3n) is 1.35. The summed E-state index contributed by atoms with van der Waals surface area (Å²) in [4.78, 5) is 0. The molecule has 2 N–H and O–H groups in total. The van der Waals surface area contributed by atoms with Gasteiger partial charge in [-0.1, -0.05) is 6.07 Å². The van der Waals surface area contributed by atoms with Gasteiger partial charge < -0.3 is 10.5 Å². The minimum Gasteiger partial charge on any atom is -0.482 e. The molecule has 0 saturated carbocycles. The Bertz CT molecular complexity index is 270. The van der Waals surface area contributed by atoms with Gasteiger partial charge in [0.15, 0.2) is 11.6 Å². The Morgan fingerprint density at radius 1 is 1.38 bits per heavy atom. The monoisotopic (exact) mass is 191 g/mol. The van der Waals surface area contributed by atoms with Gasteiger partial charge in [-0.15, -0.1) is 0 Å². The van der Waals surface area contributed by atoms with Crippen LogP contribution in [-0.2, 0) is 0 Å². The smallest absolute Gasteiger partial charge is 0.272 e. The molecule has 0 aliphatic carbocycles. The third kappa shape index (κ3) is 2.54. The maximum atomic E-state index is 12.9. The number of rotatable bonds is 3. The van der Waals surface area contributed by atoms with Crippen molar-refractivity contribution in [3.05, 3.63) is 24.0 Å². The summed E-state index contributed by atoms with van der Waals surface area (Å²) in [5.74, 6) is -1.05. The van der Waals surface area contributed by atoms with E-state index in [1.165, 1.54) is 12.1 Å². The van der Waals surface area contributed by atoms with Gasteiger partial charge in [-0.3, -0.25) is 0 Å².